The molecule has 170 valence electrons. The van der Waals surface area contributed by atoms with Crippen molar-refractivity contribution in [3.05, 3.63) is 65.0 Å². The second-order valence-electron chi connectivity index (χ2n) is 7.07. The van der Waals surface area contributed by atoms with Crippen molar-refractivity contribution >= 4 is 35.3 Å². The summed E-state index contributed by atoms with van der Waals surface area (Å²) < 4.78 is 28.5. The lowest BCUT2D eigenvalue weighted by Crippen LogP contribution is -2.28. The molecule has 3 rings (SSSR count). The van der Waals surface area contributed by atoms with Crippen LogP contribution in [0.1, 0.15) is 33.8 Å². The van der Waals surface area contributed by atoms with Gasteiger partial charge in [-0.3, -0.25) is 14.5 Å². The van der Waals surface area contributed by atoms with Crippen molar-refractivity contribution in [1.29, 1.82) is 0 Å². The van der Waals surface area contributed by atoms with Crippen molar-refractivity contribution in [3.63, 3.8) is 0 Å². The summed E-state index contributed by atoms with van der Waals surface area (Å²) in [5, 5.41) is -0.260. The first-order valence-electron chi connectivity index (χ1n) is 10.0. The third-order valence-electron chi connectivity index (χ3n) is 4.71. The summed E-state index contributed by atoms with van der Waals surface area (Å²) in [5.74, 6) is -0.933. The number of hydrogen-bond acceptors (Lipinski definition) is 7. The minimum atomic E-state index is -0.500. The smallest absolute Gasteiger partial charge is 0.338 e. The Morgan fingerprint density at radius 3 is 2.41 bits per heavy atom. The van der Waals surface area contributed by atoms with E-state index in [9.17, 15) is 18.8 Å². The van der Waals surface area contributed by atoms with Gasteiger partial charge in [0.05, 0.1) is 24.5 Å². The lowest BCUT2D eigenvalue weighted by Gasteiger charge is -2.26. The van der Waals surface area contributed by atoms with E-state index in [1.54, 1.807) is 35.2 Å². The molecule has 1 aliphatic rings. The molecule has 0 aromatic heterocycles. The summed E-state index contributed by atoms with van der Waals surface area (Å²) in [6.07, 6.45) is 0. The Bertz CT molecular complexity index is 981. The first kappa shape index (κ1) is 23.7. The van der Waals surface area contributed by atoms with Crippen molar-refractivity contribution in [2.24, 2.45) is 0 Å². The molecule has 2 aromatic rings. The molecule has 9 heteroatoms. The van der Waals surface area contributed by atoms with E-state index in [0.717, 1.165) is 11.1 Å². The summed E-state index contributed by atoms with van der Waals surface area (Å²) in [7, 11) is 0. The second kappa shape index (κ2) is 11.1. The highest BCUT2D eigenvalue weighted by molar-refractivity contribution is 8.00. The first-order valence-corrected chi connectivity index (χ1v) is 11.1. The molecule has 1 atom stereocenters. The largest absolute Gasteiger partial charge is 0.463 e. The normalized spacial score (nSPS) is 15.7. The molecule has 0 N–H and O–H groups in total. The molecule has 2 aromatic carbocycles. The van der Waals surface area contributed by atoms with Crippen LogP contribution in [0.2, 0.25) is 0 Å². The number of halogens is 1. The number of benzene rings is 2. The predicted octanol–water partition coefficient (Wildman–Crippen LogP) is 3.65. The molecule has 1 fully saturated rings. The Kier molecular flexibility index (Phi) is 8.24. The van der Waals surface area contributed by atoms with E-state index in [4.69, 9.17) is 14.2 Å². The van der Waals surface area contributed by atoms with Crippen LogP contribution in [0.15, 0.2) is 42.5 Å². The Morgan fingerprint density at radius 2 is 1.75 bits per heavy atom. The van der Waals surface area contributed by atoms with Crippen LogP contribution >= 0.6 is 11.8 Å². The SMILES string of the molecule is CC(=O)OCCOCCOC(=O)c1ccc(N2C(=O)CSC2c2ccc(F)cc2)c(C)c1. The number of esters is 2. The molecule has 7 nitrogen and oxygen atoms in total. The highest BCUT2D eigenvalue weighted by Crippen LogP contribution is 2.42. The number of thioether (sulfide) groups is 1. The van der Waals surface area contributed by atoms with E-state index in [-0.39, 0.29) is 49.5 Å². The highest BCUT2D eigenvalue weighted by Gasteiger charge is 2.35. The number of ether oxygens (including phenoxy) is 3. The van der Waals surface area contributed by atoms with Crippen LogP contribution in [0.3, 0.4) is 0 Å². The summed E-state index contributed by atoms with van der Waals surface area (Å²) >= 11 is 1.47. The average molecular weight is 462 g/mol. The minimum absolute atomic E-state index is 0.0475. The third kappa shape index (κ3) is 6.08. The summed E-state index contributed by atoms with van der Waals surface area (Å²) in [4.78, 5) is 37.2. The number of nitrogens with zero attached hydrogens (tertiary/aromatic N) is 1. The number of aryl methyl sites for hydroxylation is 1. The molecule has 0 radical (unpaired) electrons. The number of anilines is 1. The highest BCUT2D eigenvalue weighted by atomic mass is 32.2. The zero-order valence-electron chi connectivity index (χ0n) is 17.8. The van der Waals surface area contributed by atoms with E-state index in [2.05, 4.69) is 0 Å². The third-order valence-corrected chi connectivity index (χ3v) is 5.92. The standard InChI is InChI=1S/C23H24FNO6S/c1-15-13-18(23(28)31-12-10-29-9-11-30-16(2)26)5-8-20(15)25-21(27)14-32-22(25)17-3-6-19(24)7-4-17/h3-8,13,22H,9-12,14H2,1-2H3. The average Bonchev–Trinajstić information content (AvgIpc) is 3.14. The van der Waals surface area contributed by atoms with Crippen LogP contribution in [0.25, 0.3) is 0 Å². The van der Waals surface area contributed by atoms with Crippen LogP contribution in [-0.2, 0) is 23.8 Å². The van der Waals surface area contributed by atoms with Crippen LogP contribution in [0.4, 0.5) is 10.1 Å². The quantitative estimate of drug-likeness (QED) is 0.416. The lowest BCUT2D eigenvalue weighted by atomic mass is 10.1. The van der Waals surface area contributed by atoms with Crippen molar-refractivity contribution < 1.29 is 33.0 Å². The van der Waals surface area contributed by atoms with E-state index in [1.807, 2.05) is 6.92 Å². The predicted molar refractivity (Wildman–Crippen MR) is 118 cm³/mol. The molecule has 1 unspecified atom stereocenters. The minimum Gasteiger partial charge on any atom is -0.463 e. The van der Waals surface area contributed by atoms with Crippen molar-refractivity contribution in [2.45, 2.75) is 19.2 Å². The van der Waals surface area contributed by atoms with E-state index < -0.39 is 5.97 Å². The maximum absolute atomic E-state index is 13.3. The molecule has 1 aliphatic heterocycles. The Morgan fingerprint density at radius 1 is 1.06 bits per heavy atom. The Labute approximate surface area is 189 Å². The van der Waals surface area contributed by atoms with Gasteiger partial charge in [0.2, 0.25) is 5.91 Å². The van der Waals surface area contributed by atoms with Crippen LogP contribution in [0.5, 0.6) is 0 Å². The fourth-order valence-corrected chi connectivity index (χ4v) is 4.40. The molecule has 0 bridgehead atoms. The summed E-state index contributed by atoms with van der Waals surface area (Å²) in [6, 6.07) is 11.1. The molecule has 1 amide bonds. The van der Waals surface area contributed by atoms with Gasteiger partial charge in [-0.25, -0.2) is 9.18 Å². The second-order valence-corrected chi connectivity index (χ2v) is 8.14. The van der Waals surface area contributed by atoms with E-state index >= 15 is 0 Å². The molecule has 1 heterocycles. The van der Waals surface area contributed by atoms with Crippen LogP contribution < -0.4 is 4.90 Å². The molecule has 0 aliphatic carbocycles. The monoisotopic (exact) mass is 461 g/mol. The number of carbonyl (C=O) groups excluding carboxylic acids is 3. The van der Waals surface area contributed by atoms with Crippen LogP contribution in [0, 0.1) is 12.7 Å². The number of hydrogen-bond donors (Lipinski definition) is 0. The summed E-state index contributed by atoms with van der Waals surface area (Å²) in [6.45, 7) is 3.76. The van der Waals surface area contributed by atoms with Gasteiger partial charge in [-0.15, -0.1) is 11.8 Å². The van der Waals surface area contributed by atoms with Gasteiger partial charge in [0.15, 0.2) is 0 Å². The number of carbonyl (C=O) groups is 3. The Hall–Kier alpha value is -2.91. The molecular formula is C23H24FNO6S. The van der Waals surface area contributed by atoms with Gasteiger partial charge in [-0.2, -0.15) is 0 Å². The molecule has 32 heavy (non-hydrogen) atoms. The van der Waals surface area contributed by atoms with Gasteiger partial charge in [-0.05, 0) is 48.4 Å². The number of rotatable bonds is 9. The number of amides is 1. The molecule has 0 spiro atoms. The maximum Gasteiger partial charge on any atom is 0.338 e. The van der Waals surface area contributed by atoms with Crippen molar-refractivity contribution in [1.82, 2.24) is 0 Å². The van der Waals surface area contributed by atoms with Gasteiger partial charge in [0, 0.05) is 12.6 Å². The van der Waals surface area contributed by atoms with E-state index in [1.165, 1.54) is 30.8 Å². The van der Waals surface area contributed by atoms with Gasteiger partial charge in [0.25, 0.3) is 0 Å². The van der Waals surface area contributed by atoms with Crippen LogP contribution in [-0.4, -0.2) is 50.0 Å². The fourth-order valence-electron chi connectivity index (χ4n) is 3.23. The zero-order valence-corrected chi connectivity index (χ0v) is 18.7. The molecule has 1 saturated heterocycles. The van der Waals surface area contributed by atoms with Crippen molar-refractivity contribution in [2.75, 3.05) is 37.1 Å². The molecule has 0 saturated carbocycles. The van der Waals surface area contributed by atoms with Gasteiger partial charge in [-0.1, -0.05) is 12.1 Å². The maximum atomic E-state index is 13.3. The fraction of sp³-hybridized carbons (Fsp3) is 0.348. The Balaban J connectivity index is 1.60. The first-order chi connectivity index (χ1) is 15.4. The summed E-state index contributed by atoms with van der Waals surface area (Å²) in [5.41, 5.74) is 2.64. The van der Waals surface area contributed by atoms with Crippen molar-refractivity contribution in [3.8, 4) is 0 Å². The zero-order chi connectivity index (χ0) is 23.1. The molecular weight excluding hydrogens is 437 g/mol. The van der Waals surface area contributed by atoms with Gasteiger partial charge >= 0.3 is 11.9 Å². The topological polar surface area (TPSA) is 82.1 Å². The van der Waals surface area contributed by atoms with E-state index in [0.29, 0.717) is 17.0 Å². The van der Waals surface area contributed by atoms with Gasteiger partial charge < -0.3 is 14.2 Å². The lowest BCUT2D eigenvalue weighted by molar-refractivity contribution is -0.142. The van der Waals surface area contributed by atoms with Gasteiger partial charge in [0.1, 0.15) is 24.4 Å².